The third kappa shape index (κ3) is 5.50. The molecule has 0 radical (unpaired) electrons. The molecular formula is C18H24IN3O2S. The summed E-state index contributed by atoms with van der Waals surface area (Å²) in [5.41, 5.74) is 2.27. The molecular weight excluding hydrogens is 449 g/mol. The fourth-order valence-electron chi connectivity index (χ4n) is 2.48. The summed E-state index contributed by atoms with van der Waals surface area (Å²) in [7, 11) is 1.77. The molecule has 3 rings (SSSR count). The van der Waals surface area contributed by atoms with Crippen molar-refractivity contribution in [3.8, 4) is 11.5 Å². The number of nitrogens with zero attached hydrogens (tertiary/aromatic N) is 1. The fourth-order valence-corrected chi connectivity index (χ4v) is 3.26. The number of benzene rings is 1. The maximum atomic E-state index is 5.73. The molecule has 0 saturated heterocycles. The molecule has 7 heteroatoms. The van der Waals surface area contributed by atoms with Crippen molar-refractivity contribution in [3.63, 3.8) is 0 Å². The second-order valence-electron chi connectivity index (χ2n) is 5.75. The number of aliphatic imine (C=N–C) groups is 1. The summed E-state index contributed by atoms with van der Waals surface area (Å²) in [6, 6.07) is 8.03. The molecule has 0 aliphatic carbocycles. The van der Waals surface area contributed by atoms with E-state index in [-0.39, 0.29) is 24.0 Å². The minimum atomic E-state index is 0. The zero-order valence-corrected chi connectivity index (χ0v) is 17.6. The van der Waals surface area contributed by atoms with Crippen LogP contribution in [0.15, 0.2) is 40.0 Å². The lowest BCUT2D eigenvalue weighted by Gasteiger charge is -2.16. The van der Waals surface area contributed by atoms with E-state index in [1.807, 2.05) is 18.2 Å². The molecule has 2 heterocycles. The van der Waals surface area contributed by atoms with Gasteiger partial charge in [-0.3, -0.25) is 4.99 Å². The van der Waals surface area contributed by atoms with Crippen molar-refractivity contribution >= 4 is 47.0 Å². The lowest BCUT2D eigenvalue weighted by molar-refractivity contribution is 0.297. The van der Waals surface area contributed by atoms with Gasteiger partial charge >= 0.3 is 0 Å². The number of hydrogen-bond donors (Lipinski definition) is 2. The van der Waals surface area contributed by atoms with Gasteiger partial charge in [-0.25, -0.2) is 0 Å². The molecule has 2 aromatic rings. The monoisotopic (exact) mass is 473 g/mol. The third-order valence-corrected chi connectivity index (χ3v) is 4.62. The van der Waals surface area contributed by atoms with Crippen molar-refractivity contribution in [2.45, 2.75) is 19.3 Å². The van der Waals surface area contributed by atoms with E-state index < -0.39 is 0 Å². The zero-order valence-electron chi connectivity index (χ0n) is 14.5. The quantitative estimate of drug-likeness (QED) is 0.395. The van der Waals surface area contributed by atoms with Gasteiger partial charge in [0.15, 0.2) is 17.5 Å². The molecule has 1 aliphatic rings. The van der Waals surface area contributed by atoms with Gasteiger partial charge in [-0.1, -0.05) is 6.92 Å². The number of nitrogens with one attached hydrogen (secondary N) is 2. The predicted octanol–water partition coefficient (Wildman–Crippen LogP) is 4.32. The molecule has 1 aromatic heterocycles. The highest BCUT2D eigenvalue weighted by atomic mass is 127. The molecule has 136 valence electrons. The maximum absolute atomic E-state index is 5.73. The molecule has 0 bridgehead atoms. The summed E-state index contributed by atoms with van der Waals surface area (Å²) in [5.74, 6) is 2.75. The second-order valence-corrected chi connectivity index (χ2v) is 6.53. The number of thiophene rings is 1. The summed E-state index contributed by atoms with van der Waals surface area (Å²) in [4.78, 5) is 4.29. The summed E-state index contributed by atoms with van der Waals surface area (Å²) in [5, 5.41) is 11.0. The smallest absolute Gasteiger partial charge is 0.195 e. The molecule has 0 saturated carbocycles. The van der Waals surface area contributed by atoms with Crippen LogP contribution in [0.25, 0.3) is 0 Å². The highest BCUT2D eigenvalue weighted by Gasteiger charge is 2.12. The van der Waals surface area contributed by atoms with Crippen LogP contribution in [-0.2, 0) is 0 Å². The van der Waals surface area contributed by atoms with E-state index in [4.69, 9.17) is 9.47 Å². The fraction of sp³-hybridized carbons (Fsp3) is 0.389. The van der Waals surface area contributed by atoms with Crippen molar-refractivity contribution in [2.75, 3.05) is 32.1 Å². The highest BCUT2D eigenvalue weighted by molar-refractivity contribution is 14.0. The van der Waals surface area contributed by atoms with Crippen LogP contribution in [0.4, 0.5) is 5.69 Å². The largest absolute Gasteiger partial charge is 0.490 e. The number of anilines is 1. The van der Waals surface area contributed by atoms with Crippen molar-refractivity contribution in [1.82, 2.24) is 5.32 Å². The average molecular weight is 473 g/mol. The van der Waals surface area contributed by atoms with Gasteiger partial charge in [-0.05, 0) is 40.4 Å². The lowest BCUT2D eigenvalue weighted by Crippen LogP contribution is -2.33. The van der Waals surface area contributed by atoms with Gasteiger partial charge in [-0.15, -0.1) is 24.0 Å². The first-order chi connectivity index (χ1) is 11.8. The molecule has 0 amide bonds. The summed E-state index contributed by atoms with van der Waals surface area (Å²) in [6.45, 7) is 4.40. The summed E-state index contributed by atoms with van der Waals surface area (Å²) < 4.78 is 11.4. The van der Waals surface area contributed by atoms with E-state index >= 15 is 0 Å². The second kappa shape index (κ2) is 9.86. The van der Waals surface area contributed by atoms with Crippen LogP contribution in [0.2, 0.25) is 0 Å². The van der Waals surface area contributed by atoms with Crippen LogP contribution in [0.3, 0.4) is 0 Å². The number of fused-ring (bicyclic) bond motifs is 1. The van der Waals surface area contributed by atoms with E-state index in [1.54, 1.807) is 18.4 Å². The highest BCUT2D eigenvalue weighted by Crippen LogP contribution is 2.32. The first-order valence-electron chi connectivity index (χ1n) is 8.15. The SMILES string of the molecule is CN=C(NCC(C)c1ccsc1)Nc1ccc2c(c1)OCCCO2.I. The van der Waals surface area contributed by atoms with E-state index in [0.717, 1.165) is 36.1 Å². The Kier molecular flexibility index (Phi) is 7.83. The molecule has 5 nitrogen and oxygen atoms in total. The van der Waals surface area contributed by atoms with Crippen molar-refractivity contribution < 1.29 is 9.47 Å². The Balaban J connectivity index is 0.00000225. The molecule has 1 aliphatic heterocycles. The van der Waals surface area contributed by atoms with Gasteiger partial charge in [0, 0.05) is 31.8 Å². The summed E-state index contributed by atoms with van der Waals surface area (Å²) >= 11 is 1.73. The Morgan fingerprint density at radius 2 is 2.04 bits per heavy atom. The van der Waals surface area contributed by atoms with Gasteiger partial charge < -0.3 is 20.1 Å². The Hall–Kier alpha value is -1.48. The lowest BCUT2D eigenvalue weighted by atomic mass is 10.1. The normalized spacial score (nSPS) is 14.9. The minimum Gasteiger partial charge on any atom is -0.490 e. The number of rotatable bonds is 4. The Labute approximate surface area is 169 Å². The first kappa shape index (κ1) is 19.8. The van der Waals surface area contributed by atoms with Gasteiger partial charge in [0.1, 0.15) is 0 Å². The number of hydrogen-bond acceptors (Lipinski definition) is 4. The molecule has 1 unspecified atom stereocenters. The molecule has 1 atom stereocenters. The van der Waals surface area contributed by atoms with E-state index in [2.05, 4.69) is 39.4 Å². The number of guanidine groups is 1. The van der Waals surface area contributed by atoms with Crippen molar-refractivity contribution in [1.29, 1.82) is 0 Å². The topological polar surface area (TPSA) is 54.9 Å². The van der Waals surface area contributed by atoms with Crippen LogP contribution < -0.4 is 20.1 Å². The van der Waals surface area contributed by atoms with Crippen LogP contribution in [-0.4, -0.2) is 32.8 Å². The number of ether oxygens (including phenoxy) is 2. The van der Waals surface area contributed by atoms with Crippen LogP contribution in [0.1, 0.15) is 24.8 Å². The maximum Gasteiger partial charge on any atom is 0.195 e. The Bertz CT molecular complexity index is 692. The summed E-state index contributed by atoms with van der Waals surface area (Å²) in [6.07, 6.45) is 0.904. The standard InChI is InChI=1S/C18H23N3O2S.HI/c1-13(14-6-9-24-12-14)11-20-18(19-2)21-15-4-5-16-17(10-15)23-8-3-7-22-16;/h4-6,9-10,12-13H,3,7-8,11H2,1-2H3,(H2,19,20,21);1H. The van der Waals surface area contributed by atoms with Crippen molar-refractivity contribution in [2.24, 2.45) is 4.99 Å². The van der Waals surface area contributed by atoms with Gasteiger partial charge in [0.25, 0.3) is 0 Å². The molecule has 0 spiro atoms. The van der Waals surface area contributed by atoms with E-state index in [1.165, 1.54) is 5.56 Å². The average Bonchev–Trinajstić information content (AvgIpc) is 3.04. The minimum absolute atomic E-state index is 0. The molecule has 0 fully saturated rings. The Morgan fingerprint density at radius 1 is 1.24 bits per heavy atom. The van der Waals surface area contributed by atoms with E-state index in [0.29, 0.717) is 19.1 Å². The number of halogens is 1. The van der Waals surface area contributed by atoms with Gasteiger partial charge in [-0.2, -0.15) is 11.3 Å². The van der Waals surface area contributed by atoms with E-state index in [9.17, 15) is 0 Å². The predicted molar refractivity (Wildman–Crippen MR) is 115 cm³/mol. The van der Waals surface area contributed by atoms with Gasteiger partial charge in [0.05, 0.1) is 13.2 Å². The first-order valence-corrected chi connectivity index (χ1v) is 9.10. The van der Waals surface area contributed by atoms with Crippen LogP contribution >= 0.6 is 35.3 Å². The van der Waals surface area contributed by atoms with Crippen molar-refractivity contribution in [3.05, 3.63) is 40.6 Å². The van der Waals surface area contributed by atoms with Crippen LogP contribution in [0, 0.1) is 0 Å². The molecule has 1 aromatic carbocycles. The Morgan fingerprint density at radius 3 is 2.76 bits per heavy atom. The zero-order chi connectivity index (χ0) is 16.8. The van der Waals surface area contributed by atoms with Gasteiger partial charge in [0.2, 0.25) is 0 Å². The van der Waals surface area contributed by atoms with Crippen LogP contribution in [0.5, 0.6) is 11.5 Å². The molecule has 2 N–H and O–H groups in total. The molecule has 25 heavy (non-hydrogen) atoms. The third-order valence-electron chi connectivity index (χ3n) is 3.92.